The molecule has 1 fully saturated rings. The minimum Gasteiger partial charge on any atom is -0.495 e. The third-order valence-corrected chi connectivity index (χ3v) is 7.85. The van der Waals surface area contributed by atoms with Crippen molar-refractivity contribution in [3.63, 3.8) is 0 Å². The first-order chi connectivity index (χ1) is 14.7. The summed E-state index contributed by atoms with van der Waals surface area (Å²) in [6, 6.07) is 4.85. The molecule has 4 rings (SSSR count). The Hall–Kier alpha value is -2.72. The third kappa shape index (κ3) is 3.85. The number of amides is 1. The van der Waals surface area contributed by atoms with Crippen LogP contribution in [0, 0.1) is 12.8 Å². The number of benzene rings is 1. The molecule has 0 bridgehead atoms. The highest BCUT2D eigenvalue weighted by molar-refractivity contribution is 7.89. The van der Waals surface area contributed by atoms with Crippen molar-refractivity contribution in [2.75, 3.05) is 25.5 Å². The number of piperidine rings is 1. The van der Waals surface area contributed by atoms with Crippen LogP contribution in [0.25, 0.3) is 11.1 Å². The predicted octanol–water partition coefficient (Wildman–Crippen LogP) is 2.66. The van der Waals surface area contributed by atoms with Gasteiger partial charge in [0.25, 0.3) is 0 Å². The van der Waals surface area contributed by atoms with Gasteiger partial charge in [-0.3, -0.25) is 9.59 Å². The van der Waals surface area contributed by atoms with E-state index in [-0.39, 0.29) is 41.1 Å². The zero-order valence-corrected chi connectivity index (χ0v) is 18.7. The molecule has 0 radical (unpaired) electrons. The zero-order chi connectivity index (χ0) is 22.3. The molecule has 1 aromatic heterocycles. The number of anilines is 1. The van der Waals surface area contributed by atoms with E-state index in [0.29, 0.717) is 35.8 Å². The van der Waals surface area contributed by atoms with Crippen LogP contribution in [0.15, 0.2) is 23.1 Å². The Balaban J connectivity index is 1.83. The van der Waals surface area contributed by atoms with Crippen molar-refractivity contribution >= 4 is 27.7 Å². The molecule has 0 saturated carbocycles. The van der Waals surface area contributed by atoms with Crippen LogP contribution in [0.3, 0.4) is 0 Å². The molecule has 2 aliphatic rings. The number of hydrogen-bond donors (Lipinski definition) is 1. The summed E-state index contributed by atoms with van der Waals surface area (Å²) in [6.45, 7) is 4.77. The number of carbonyl (C=O) groups is 2. The number of aryl methyl sites for hydroxylation is 1. The van der Waals surface area contributed by atoms with Crippen LogP contribution in [0.2, 0.25) is 0 Å². The number of nitrogens with zero attached hydrogens (tertiary/aromatic N) is 3. The van der Waals surface area contributed by atoms with Gasteiger partial charge in [0, 0.05) is 31.5 Å². The van der Waals surface area contributed by atoms with Gasteiger partial charge in [0.15, 0.2) is 0 Å². The zero-order valence-electron chi connectivity index (χ0n) is 17.8. The van der Waals surface area contributed by atoms with Gasteiger partial charge in [0.05, 0.1) is 12.8 Å². The number of ether oxygens (including phenoxy) is 1. The summed E-state index contributed by atoms with van der Waals surface area (Å²) in [6.07, 6.45) is 1.77. The molecule has 3 heterocycles. The number of sulfonamides is 1. The summed E-state index contributed by atoms with van der Waals surface area (Å²) in [5.41, 5.74) is 1.58. The number of hydrogen-bond acceptors (Lipinski definition) is 6. The molecule has 9 nitrogen and oxygen atoms in total. The number of rotatable bonds is 4. The highest BCUT2D eigenvalue weighted by Crippen LogP contribution is 2.38. The molecule has 10 heteroatoms. The topological polar surface area (TPSA) is 111 Å². The number of carbonyl (C=O) groups excluding carboxylic acids is 2. The van der Waals surface area contributed by atoms with E-state index in [4.69, 9.17) is 4.74 Å². The normalized spacial score (nSPS) is 18.4. The predicted molar refractivity (Wildman–Crippen MR) is 115 cm³/mol. The monoisotopic (exact) mass is 446 g/mol. The summed E-state index contributed by atoms with van der Waals surface area (Å²) in [5, 5.41) is 7.04. The quantitative estimate of drug-likeness (QED) is 0.773. The van der Waals surface area contributed by atoms with E-state index >= 15 is 0 Å². The fraction of sp³-hybridized carbons (Fsp3) is 0.476. The lowest BCUT2D eigenvalue weighted by Gasteiger charge is -2.30. The van der Waals surface area contributed by atoms with Crippen LogP contribution in [0.5, 0.6) is 5.75 Å². The largest absolute Gasteiger partial charge is 0.495 e. The SMILES string of the molecule is COc1ccc(-c2c(C)nn3c2NC(=O)CCC3=O)cc1S(=O)(=O)N1CCC(C)CC1. The van der Waals surface area contributed by atoms with Crippen LogP contribution in [0.1, 0.15) is 43.1 Å². The molecule has 1 saturated heterocycles. The molecular formula is C21H26N4O5S. The summed E-state index contributed by atoms with van der Waals surface area (Å²) in [5.74, 6) is 0.443. The summed E-state index contributed by atoms with van der Waals surface area (Å²) in [7, 11) is -2.34. The van der Waals surface area contributed by atoms with Gasteiger partial charge in [-0.25, -0.2) is 8.42 Å². The molecule has 0 spiro atoms. The van der Waals surface area contributed by atoms with Gasteiger partial charge in [-0.05, 0) is 43.4 Å². The molecule has 31 heavy (non-hydrogen) atoms. The Kier molecular flexibility index (Phi) is 5.61. The Morgan fingerprint density at radius 3 is 2.55 bits per heavy atom. The lowest BCUT2D eigenvalue weighted by Crippen LogP contribution is -2.38. The average molecular weight is 447 g/mol. The number of fused-ring (bicyclic) bond motifs is 1. The second kappa shape index (κ2) is 8.08. The molecule has 2 aromatic rings. The molecule has 1 aromatic carbocycles. The van der Waals surface area contributed by atoms with Gasteiger partial charge in [0.2, 0.25) is 21.8 Å². The first-order valence-corrected chi connectivity index (χ1v) is 11.8. The number of nitrogens with one attached hydrogen (secondary N) is 1. The van der Waals surface area contributed by atoms with Crippen molar-refractivity contribution in [3.05, 3.63) is 23.9 Å². The van der Waals surface area contributed by atoms with Crippen molar-refractivity contribution in [2.45, 2.75) is 44.4 Å². The maximum Gasteiger partial charge on any atom is 0.249 e. The van der Waals surface area contributed by atoms with Crippen LogP contribution in [-0.4, -0.2) is 54.5 Å². The molecule has 2 aliphatic heterocycles. The van der Waals surface area contributed by atoms with E-state index < -0.39 is 10.0 Å². The van der Waals surface area contributed by atoms with Crippen LogP contribution in [-0.2, 0) is 14.8 Å². The molecule has 1 amide bonds. The van der Waals surface area contributed by atoms with Gasteiger partial charge in [0.1, 0.15) is 16.5 Å². The first kappa shape index (κ1) is 21.5. The van der Waals surface area contributed by atoms with E-state index in [2.05, 4.69) is 17.3 Å². The molecule has 0 aliphatic carbocycles. The third-order valence-electron chi connectivity index (χ3n) is 5.93. The standard InChI is InChI=1S/C21H26N4O5S/c1-13-8-10-24(11-9-13)31(28,29)17-12-15(4-5-16(17)30-3)20-14(2)23-25-19(27)7-6-18(26)22-21(20)25/h4-5,12-13H,6-11H2,1-3H3,(H,22,26). The van der Waals surface area contributed by atoms with Crippen molar-refractivity contribution in [2.24, 2.45) is 5.92 Å². The van der Waals surface area contributed by atoms with Crippen molar-refractivity contribution < 1.29 is 22.7 Å². The maximum absolute atomic E-state index is 13.4. The Labute approximate surface area is 181 Å². The van der Waals surface area contributed by atoms with Gasteiger partial charge < -0.3 is 10.1 Å². The second-order valence-electron chi connectivity index (χ2n) is 8.11. The van der Waals surface area contributed by atoms with E-state index in [1.807, 2.05) is 0 Å². The van der Waals surface area contributed by atoms with E-state index in [9.17, 15) is 18.0 Å². The highest BCUT2D eigenvalue weighted by atomic mass is 32.2. The van der Waals surface area contributed by atoms with E-state index in [0.717, 1.165) is 12.8 Å². The molecule has 166 valence electrons. The van der Waals surface area contributed by atoms with Gasteiger partial charge >= 0.3 is 0 Å². The van der Waals surface area contributed by atoms with Crippen molar-refractivity contribution in [1.82, 2.24) is 14.1 Å². The van der Waals surface area contributed by atoms with E-state index in [1.54, 1.807) is 25.1 Å². The smallest absolute Gasteiger partial charge is 0.249 e. The van der Waals surface area contributed by atoms with Crippen LogP contribution in [0.4, 0.5) is 5.82 Å². The highest BCUT2D eigenvalue weighted by Gasteiger charge is 2.32. The molecule has 1 N–H and O–H groups in total. The van der Waals surface area contributed by atoms with Gasteiger partial charge in [-0.1, -0.05) is 13.0 Å². The second-order valence-corrected chi connectivity index (χ2v) is 10.0. The number of aromatic nitrogens is 2. The molecule has 0 atom stereocenters. The minimum absolute atomic E-state index is 0.0627. The first-order valence-electron chi connectivity index (χ1n) is 10.3. The maximum atomic E-state index is 13.4. The fourth-order valence-corrected chi connectivity index (χ4v) is 5.74. The summed E-state index contributed by atoms with van der Waals surface area (Å²) in [4.78, 5) is 24.6. The lowest BCUT2D eigenvalue weighted by molar-refractivity contribution is -0.116. The van der Waals surface area contributed by atoms with Crippen LogP contribution < -0.4 is 10.1 Å². The summed E-state index contributed by atoms with van der Waals surface area (Å²) < 4.78 is 34.9. The van der Waals surface area contributed by atoms with Gasteiger partial charge in [-0.2, -0.15) is 14.1 Å². The lowest BCUT2D eigenvalue weighted by atomic mass is 10.0. The Morgan fingerprint density at radius 2 is 1.87 bits per heavy atom. The minimum atomic E-state index is -3.78. The van der Waals surface area contributed by atoms with Crippen molar-refractivity contribution in [3.8, 4) is 16.9 Å². The average Bonchev–Trinajstić information content (AvgIpc) is 3.00. The molecular weight excluding hydrogens is 420 g/mol. The van der Waals surface area contributed by atoms with Crippen molar-refractivity contribution in [1.29, 1.82) is 0 Å². The molecule has 0 unspecified atom stereocenters. The number of methoxy groups -OCH3 is 1. The Bertz CT molecular complexity index is 1150. The fourth-order valence-electron chi connectivity index (χ4n) is 4.09. The Morgan fingerprint density at radius 1 is 1.16 bits per heavy atom. The summed E-state index contributed by atoms with van der Waals surface area (Å²) >= 11 is 0. The van der Waals surface area contributed by atoms with Gasteiger partial charge in [-0.15, -0.1) is 0 Å². The van der Waals surface area contributed by atoms with Crippen LogP contribution >= 0.6 is 0 Å². The van der Waals surface area contributed by atoms with E-state index in [1.165, 1.54) is 16.1 Å².